The van der Waals surface area contributed by atoms with Crippen LogP contribution in [0.25, 0.3) is 22.4 Å². The molecule has 0 atom stereocenters. The highest BCUT2D eigenvalue weighted by molar-refractivity contribution is 7.16. The maximum Gasteiger partial charge on any atom is 0.306 e. The molecule has 1 fully saturated rings. The zero-order valence-corrected chi connectivity index (χ0v) is 21.4. The van der Waals surface area contributed by atoms with Crippen LogP contribution in [-0.4, -0.2) is 29.1 Å². The largest absolute Gasteiger partial charge is 0.488 e. The number of piperidine rings is 1. The van der Waals surface area contributed by atoms with E-state index in [-0.39, 0.29) is 5.92 Å². The molecule has 1 saturated heterocycles. The highest BCUT2D eigenvalue weighted by Crippen LogP contribution is 2.38. The number of hydrogen-bond donors (Lipinski definition) is 1. The molecule has 1 aliphatic rings. The molecule has 3 aromatic carbocycles. The number of nitriles is 1. The summed E-state index contributed by atoms with van der Waals surface area (Å²) in [6.07, 6.45) is 1.29. The Hall–Kier alpha value is -4.15. The van der Waals surface area contributed by atoms with Crippen molar-refractivity contribution in [2.75, 3.05) is 18.0 Å². The van der Waals surface area contributed by atoms with Gasteiger partial charge in [-0.15, -0.1) is 11.3 Å². The molecule has 37 heavy (non-hydrogen) atoms. The van der Waals surface area contributed by atoms with E-state index in [1.807, 2.05) is 48.5 Å². The van der Waals surface area contributed by atoms with Gasteiger partial charge in [0, 0.05) is 23.5 Å². The quantitative estimate of drug-likeness (QED) is 0.305. The van der Waals surface area contributed by atoms with Gasteiger partial charge in [0.15, 0.2) is 5.13 Å². The Morgan fingerprint density at radius 2 is 1.70 bits per heavy atom. The van der Waals surface area contributed by atoms with Crippen LogP contribution in [0.5, 0.6) is 5.75 Å². The van der Waals surface area contributed by atoms with Gasteiger partial charge in [0.25, 0.3) is 0 Å². The van der Waals surface area contributed by atoms with Crippen LogP contribution < -0.4 is 9.64 Å². The molecule has 1 N–H and O–H groups in total. The fourth-order valence-corrected chi connectivity index (χ4v) is 5.54. The van der Waals surface area contributed by atoms with Crippen molar-refractivity contribution in [3.05, 3.63) is 88.8 Å². The number of rotatable bonds is 7. The van der Waals surface area contributed by atoms with Gasteiger partial charge in [-0.25, -0.2) is 4.98 Å². The summed E-state index contributed by atoms with van der Waals surface area (Å²) in [6, 6.07) is 25.9. The average Bonchev–Trinajstić information content (AvgIpc) is 3.33. The van der Waals surface area contributed by atoms with Crippen molar-refractivity contribution in [1.82, 2.24) is 4.98 Å². The third-order valence-electron chi connectivity index (χ3n) is 6.74. The Labute approximate surface area is 220 Å². The van der Waals surface area contributed by atoms with Crippen LogP contribution in [0.4, 0.5) is 5.13 Å². The number of aromatic nitrogens is 1. The predicted molar refractivity (Wildman–Crippen MR) is 146 cm³/mol. The van der Waals surface area contributed by atoms with E-state index < -0.39 is 5.97 Å². The molecule has 7 heteroatoms. The number of carbonyl (C=O) groups is 1. The lowest BCUT2D eigenvalue weighted by Crippen LogP contribution is -2.36. The Morgan fingerprint density at radius 1 is 1.05 bits per heavy atom. The molecule has 2 heterocycles. The normalized spacial score (nSPS) is 13.8. The molecule has 0 amide bonds. The van der Waals surface area contributed by atoms with Crippen molar-refractivity contribution in [2.45, 2.75) is 26.4 Å². The summed E-state index contributed by atoms with van der Waals surface area (Å²) in [5.41, 5.74) is 5.73. The Bertz CT molecular complexity index is 1430. The summed E-state index contributed by atoms with van der Waals surface area (Å²) in [4.78, 5) is 19.5. The molecule has 0 radical (unpaired) electrons. The van der Waals surface area contributed by atoms with Crippen LogP contribution in [0, 0.1) is 24.2 Å². The van der Waals surface area contributed by atoms with Crippen molar-refractivity contribution < 1.29 is 14.6 Å². The number of ether oxygens (including phenoxy) is 1. The van der Waals surface area contributed by atoms with E-state index in [1.54, 1.807) is 11.3 Å². The van der Waals surface area contributed by atoms with Crippen LogP contribution in [0.2, 0.25) is 0 Å². The second-order valence-electron chi connectivity index (χ2n) is 9.17. The van der Waals surface area contributed by atoms with Crippen LogP contribution in [0.1, 0.15) is 28.8 Å². The SMILES string of the molecule is Cc1sc(N2CCC(C(=O)O)CC2)nc1-c1ccccc1OCc1ccc(-c2ccc(C#N)cc2)cc1. The third-order valence-corrected chi connectivity index (χ3v) is 7.77. The molecule has 0 bridgehead atoms. The van der Waals surface area contributed by atoms with Gasteiger partial charge < -0.3 is 14.7 Å². The zero-order valence-electron chi connectivity index (χ0n) is 20.6. The Morgan fingerprint density at radius 3 is 2.35 bits per heavy atom. The monoisotopic (exact) mass is 509 g/mol. The number of thiazole rings is 1. The fourth-order valence-electron chi connectivity index (χ4n) is 4.57. The first-order chi connectivity index (χ1) is 18.0. The van der Waals surface area contributed by atoms with Gasteiger partial charge in [-0.05, 0) is 60.7 Å². The maximum atomic E-state index is 11.3. The lowest BCUT2D eigenvalue weighted by Gasteiger charge is -2.29. The summed E-state index contributed by atoms with van der Waals surface area (Å²) in [5.74, 6) is -0.182. The molecular weight excluding hydrogens is 482 g/mol. The van der Waals surface area contributed by atoms with E-state index in [4.69, 9.17) is 15.0 Å². The van der Waals surface area contributed by atoms with Crippen LogP contribution >= 0.6 is 11.3 Å². The minimum atomic E-state index is -0.703. The molecule has 5 rings (SSSR count). The first-order valence-electron chi connectivity index (χ1n) is 12.3. The molecule has 6 nitrogen and oxygen atoms in total. The van der Waals surface area contributed by atoms with Crippen molar-refractivity contribution >= 4 is 22.4 Å². The van der Waals surface area contributed by atoms with E-state index in [0.717, 1.165) is 43.7 Å². The van der Waals surface area contributed by atoms with E-state index >= 15 is 0 Å². The number of carboxylic acid groups (broad SMARTS) is 1. The number of aryl methyl sites for hydroxylation is 1. The molecule has 0 spiro atoms. The molecule has 1 aromatic heterocycles. The number of benzene rings is 3. The van der Waals surface area contributed by atoms with Gasteiger partial charge in [0.1, 0.15) is 12.4 Å². The molecular formula is C30H27N3O3S. The van der Waals surface area contributed by atoms with Crippen molar-refractivity contribution in [1.29, 1.82) is 5.26 Å². The lowest BCUT2D eigenvalue weighted by atomic mass is 9.97. The molecule has 4 aromatic rings. The van der Waals surface area contributed by atoms with E-state index in [9.17, 15) is 9.90 Å². The molecule has 0 saturated carbocycles. The third kappa shape index (κ3) is 5.50. The number of nitrogens with zero attached hydrogens (tertiary/aromatic N) is 3. The Kier molecular flexibility index (Phi) is 7.20. The summed E-state index contributed by atoms with van der Waals surface area (Å²) < 4.78 is 6.25. The average molecular weight is 510 g/mol. The minimum absolute atomic E-state index is 0.260. The van der Waals surface area contributed by atoms with E-state index in [1.165, 1.54) is 0 Å². The van der Waals surface area contributed by atoms with Crippen LogP contribution in [0.15, 0.2) is 72.8 Å². The van der Waals surface area contributed by atoms with Crippen LogP contribution in [-0.2, 0) is 11.4 Å². The van der Waals surface area contributed by atoms with Crippen molar-refractivity contribution in [2.24, 2.45) is 5.92 Å². The first kappa shape index (κ1) is 24.5. The molecule has 1 aliphatic heterocycles. The maximum absolute atomic E-state index is 11.3. The molecule has 0 unspecified atom stereocenters. The summed E-state index contributed by atoms with van der Waals surface area (Å²) in [6.45, 7) is 3.92. The van der Waals surface area contributed by atoms with Gasteiger partial charge in [-0.3, -0.25) is 4.79 Å². The van der Waals surface area contributed by atoms with Gasteiger partial charge in [-0.2, -0.15) is 5.26 Å². The van der Waals surface area contributed by atoms with Gasteiger partial charge in [0.2, 0.25) is 0 Å². The minimum Gasteiger partial charge on any atom is -0.488 e. The molecule has 186 valence electrons. The number of anilines is 1. The summed E-state index contributed by atoms with van der Waals surface area (Å²) in [5, 5.41) is 19.2. The van der Waals surface area contributed by atoms with Gasteiger partial charge >= 0.3 is 5.97 Å². The zero-order chi connectivity index (χ0) is 25.8. The number of carboxylic acids is 1. The first-order valence-corrected chi connectivity index (χ1v) is 13.1. The van der Waals surface area contributed by atoms with E-state index in [2.05, 4.69) is 42.2 Å². The lowest BCUT2D eigenvalue weighted by molar-refractivity contribution is -0.142. The van der Waals surface area contributed by atoms with Gasteiger partial charge in [-0.1, -0.05) is 48.5 Å². The van der Waals surface area contributed by atoms with Crippen LogP contribution in [0.3, 0.4) is 0 Å². The standard InChI is InChI=1S/C30H27N3O3S/c1-20-28(32-30(37-20)33-16-14-25(15-17-33)29(34)35)26-4-2-3-5-27(26)36-19-22-8-12-24(13-9-22)23-10-6-21(18-31)7-11-23/h2-13,25H,14-17,19H2,1H3,(H,34,35). The number of aliphatic carboxylic acids is 1. The number of hydrogen-bond acceptors (Lipinski definition) is 6. The summed E-state index contributed by atoms with van der Waals surface area (Å²) >= 11 is 1.64. The predicted octanol–water partition coefficient (Wildman–Crippen LogP) is 6.54. The fraction of sp³-hybridized carbons (Fsp3) is 0.233. The topological polar surface area (TPSA) is 86.5 Å². The highest BCUT2D eigenvalue weighted by atomic mass is 32.1. The molecule has 0 aliphatic carbocycles. The van der Waals surface area contributed by atoms with Gasteiger partial charge in [0.05, 0.1) is 23.2 Å². The second kappa shape index (κ2) is 10.9. The highest BCUT2D eigenvalue weighted by Gasteiger charge is 2.26. The second-order valence-corrected chi connectivity index (χ2v) is 10.4. The smallest absolute Gasteiger partial charge is 0.306 e. The summed E-state index contributed by atoms with van der Waals surface area (Å²) in [7, 11) is 0. The van der Waals surface area contributed by atoms with E-state index in [0.29, 0.717) is 38.1 Å². The van der Waals surface area contributed by atoms with Crippen molar-refractivity contribution in [3.8, 4) is 34.2 Å². The Balaban J connectivity index is 1.28. The number of para-hydroxylation sites is 1. The van der Waals surface area contributed by atoms with Crippen molar-refractivity contribution in [3.63, 3.8) is 0 Å².